The Hall–Kier alpha value is -1.56. The largest absolute Gasteiger partial charge is 0.396 e. The Morgan fingerprint density at radius 3 is 2.68 bits per heavy atom. The molecule has 0 saturated heterocycles. The third kappa shape index (κ3) is 3.80. The molecule has 2 amide bonds. The summed E-state index contributed by atoms with van der Waals surface area (Å²) in [4.78, 5) is 12.3. The predicted octanol–water partition coefficient (Wildman–Crippen LogP) is 2.58. The van der Waals surface area contributed by atoms with Crippen molar-refractivity contribution in [2.75, 3.05) is 11.9 Å². The van der Waals surface area contributed by atoms with E-state index in [4.69, 9.17) is 0 Å². The van der Waals surface area contributed by atoms with Gasteiger partial charge >= 0.3 is 6.03 Å². The summed E-state index contributed by atoms with van der Waals surface area (Å²) in [5, 5.41) is 19.9. The van der Waals surface area contributed by atoms with Crippen LogP contribution in [-0.2, 0) is 6.54 Å². The third-order valence-corrected chi connectivity index (χ3v) is 4.63. The molecular formula is C16H28N4O2. The highest BCUT2D eigenvalue weighted by Gasteiger charge is 2.25. The zero-order chi connectivity index (χ0) is 16.1. The smallest absolute Gasteiger partial charge is 0.319 e. The average molecular weight is 308 g/mol. The molecule has 0 radical (unpaired) electrons. The minimum Gasteiger partial charge on any atom is -0.396 e. The van der Waals surface area contributed by atoms with Crippen molar-refractivity contribution >= 4 is 11.7 Å². The maximum Gasteiger partial charge on any atom is 0.319 e. The first-order valence-electron chi connectivity index (χ1n) is 8.29. The summed E-state index contributed by atoms with van der Waals surface area (Å²) < 4.78 is 1.88. The number of hydrogen-bond acceptors (Lipinski definition) is 3. The van der Waals surface area contributed by atoms with Gasteiger partial charge < -0.3 is 15.7 Å². The van der Waals surface area contributed by atoms with Crippen LogP contribution in [0.1, 0.15) is 50.4 Å². The van der Waals surface area contributed by atoms with Crippen LogP contribution in [-0.4, -0.2) is 33.6 Å². The SMILES string of the molecule is CCn1nc(C)c(NC(=O)NC2CCCCCC2CO)c1C. The molecule has 2 atom stereocenters. The summed E-state index contributed by atoms with van der Waals surface area (Å²) in [7, 11) is 0. The zero-order valence-corrected chi connectivity index (χ0v) is 13.9. The molecule has 1 heterocycles. The van der Waals surface area contributed by atoms with Crippen LogP contribution < -0.4 is 10.6 Å². The quantitative estimate of drug-likeness (QED) is 0.748. The molecule has 6 nitrogen and oxygen atoms in total. The number of anilines is 1. The summed E-state index contributed by atoms with van der Waals surface area (Å²) >= 11 is 0. The van der Waals surface area contributed by atoms with Crippen LogP contribution in [0.15, 0.2) is 0 Å². The minimum atomic E-state index is -0.202. The van der Waals surface area contributed by atoms with Gasteiger partial charge in [-0.25, -0.2) is 4.79 Å². The normalized spacial score (nSPS) is 22.2. The molecule has 1 saturated carbocycles. The van der Waals surface area contributed by atoms with Gasteiger partial charge in [-0.1, -0.05) is 19.3 Å². The average Bonchev–Trinajstić information content (AvgIpc) is 2.68. The van der Waals surface area contributed by atoms with Gasteiger partial charge in [-0.05, 0) is 33.6 Å². The Morgan fingerprint density at radius 2 is 2.05 bits per heavy atom. The van der Waals surface area contributed by atoms with Gasteiger partial charge in [0.1, 0.15) is 0 Å². The molecule has 22 heavy (non-hydrogen) atoms. The Kier molecular flexibility index (Phi) is 5.83. The molecule has 1 aromatic heterocycles. The van der Waals surface area contributed by atoms with E-state index >= 15 is 0 Å². The molecule has 1 fully saturated rings. The van der Waals surface area contributed by atoms with E-state index in [1.165, 1.54) is 6.42 Å². The van der Waals surface area contributed by atoms with Gasteiger partial charge in [-0.15, -0.1) is 0 Å². The van der Waals surface area contributed by atoms with Gasteiger partial charge in [0.05, 0.1) is 17.1 Å². The second-order valence-electron chi connectivity index (χ2n) is 6.15. The van der Waals surface area contributed by atoms with E-state index in [0.29, 0.717) is 0 Å². The van der Waals surface area contributed by atoms with Gasteiger partial charge in [0.25, 0.3) is 0 Å². The summed E-state index contributed by atoms with van der Waals surface area (Å²) in [5.41, 5.74) is 2.58. The number of rotatable bonds is 4. The lowest BCUT2D eigenvalue weighted by Crippen LogP contribution is -2.43. The molecule has 2 unspecified atom stereocenters. The van der Waals surface area contributed by atoms with Crippen molar-refractivity contribution in [2.45, 2.75) is 65.5 Å². The van der Waals surface area contributed by atoms with Crippen LogP contribution in [0.2, 0.25) is 0 Å². The first kappa shape index (κ1) is 16.8. The number of aromatic nitrogens is 2. The summed E-state index contributed by atoms with van der Waals surface area (Å²) in [5.74, 6) is 0.161. The number of amides is 2. The predicted molar refractivity (Wildman–Crippen MR) is 87.0 cm³/mol. The molecule has 124 valence electrons. The summed E-state index contributed by atoms with van der Waals surface area (Å²) in [6.45, 7) is 6.81. The van der Waals surface area contributed by atoms with Gasteiger partial charge in [0.15, 0.2) is 0 Å². The van der Waals surface area contributed by atoms with Crippen molar-refractivity contribution in [1.29, 1.82) is 0 Å². The number of hydrogen-bond donors (Lipinski definition) is 3. The number of aliphatic hydroxyl groups excluding tert-OH is 1. The monoisotopic (exact) mass is 308 g/mol. The van der Waals surface area contributed by atoms with Crippen molar-refractivity contribution < 1.29 is 9.90 Å². The van der Waals surface area contributed by atoms with Crippen molar-refractivity contribution in [3.63, 3.8) is 0 Å². The van der Waals surface area contributed by atoms with Crippen LogP contribution in [0.5, 0.6) is 0 Å². The van der Waals surface area contributed by atoms with E-state index in [1.54, 1.807) is 0 Å². The van der Waals surface area contributed by atoms with E-state index < -0.39 is 0 Å². The number of carbonyl (C=O) groups excluding carboxylic acids is 1. The topological polar surface area (TPSA) is 79.2 Å². The molecule has 2 rings (SSSR count). The number of nitrogens with one attached hydrogen (secondary N) is 2. The first-order chi connectivity index (χ1) is 10.6. The van der Waals surface area contributed by atoms with Gasteiger partial charge in [0, 0.05) is 25.1 Å². The number of nitrogens with zero attached hydrogens (tertiary/aromatic N) is 2. The zero-order valence-electron chi connectivity index (χ0n) is 13.9. The van der Waals surface area contributed by atoms with E-state index in [0.717, 1.165) is 49.3 Å². The molecule has 6 heteroatoms. The number of aliphatic hydroxyl groups is 1. The summed E-state index contributed by atoms with van der Waals surface area (Å²) in [6.07, 6.45) is 5.33. The highest BCUT2D eigenvalue weighted by Crippen LogP contribution is 2.24. The fraction of sp³-hybridized carbons (Fsp3) is 0.750. The molecule has 0 aliphatic heterocycles. The number of carbonyl (C=O) groups is 1. The molecular weight excluding hydrogens is 280 g/mol. The second-order valence-corrected chi connectivity index (χ2v) is 6.15. The standard InChI is InChI=1S/C16H28N4O2/c1-4-20-12(3)15(11(2)19-20)18-16(22)17-14-9-7-5-6-8-13(14)10-21/h13-14,21H,4-10H2,1-3H3,(H2,17,18,22). The molecule has 1 aliphatic rings. The fourth-order valence-corrected chi connectivity index (χ4v) is 3.30. The van der Waals surface area contributed by atoms with Gasteiger partial charge in [0.2, 0.25) is 0 Å². The lowest BCUT2D eigenvalue weighted by Gasteiger charge is -2.24. The van der Waals surface area contributed by atoms with Gasteiger partial charge in [-0.2, -0.15) is 5.10 Å². The van der Waals surface area contributed by atoms with Crippen LogP contribution in [0.3, 0.4) is 0 Å². The Morgan fingerprint density at radius 1 is 1.32 bits per heavy atom. The number of urea groups is 1. The molecule has 0 bridgehead atoms. The van der Waals surface area contributed by atoms with Crippen molar-refractivity contribution in [1.82, 2.24) is 15.1 Å². The van der Waals surface area contributed by atoms with E-state index in [2.05, 4.69) is 15.7 Å². The molecule has 0 aromatic carbocycles. The van der Waals surface area contributed by atoms with Crippen LogP contribution in [0.4, 0.5) is 10.5 Å². The highest BCUT2D eigenvalue weighted by atomic mass is 16.3. The Labute approximate surface area is 132 Å². The first-order valence-corrected chi connectivity index (χ1v) is 8.29. The number of aryl methyl sites for hydroxylation is 2. The Balaban J connectivity index is 2.01. The van der Waals surface area contributed by atoms with Crippen LogP contribution in [0.25, 0.3) is 0 Å². The van der Waals surface area contributed by atoms with Crippen LogP contribution >= 0.6 is 0 Å². The summed E-state index contributed by atoms with van der Waals surface area (Å²) in [6, 6.07) is -0.151. The lowest BCUT2D eigenvalue weighted by atomic mass is 9.96. The highest BCUT2D eigenvalue weighted by molar-refractivity contribution is 5.90. The Bertz CT molecular complexity index is 512. The second kappa shape index (κ2) is 7.63. The molecule has 1 aromatic rings. The fourth-order valence-electron chi connectivity index (χ4n) is 3.30. The third-order valence-electron chi connectivity index (χ3n) is 4.63. The van der Waals surface area contributed by atoms with E-state index in [1.807, 2.05) is 25.5 Å². The van der Waals surface area contributed by atoms with E-state index in [9.17, 15) is 9.90 Å². The molecule has 3 N–H and O–H groups in total. The lowest BCUT2D eigenvalue weighted by molar-refractivity contribution is 0.182. The maximum absolute atomic E-state index is 12.3. The van der Waals surface area contributed by atoms with E-state index in [-0.39, 0.29) is 24.6 Å². The van der Waals surface area contributed by atoms with Gasteiger partial charge in [-0.3, -0.25) is 4.68 Å². The van der Waals surface area contributed by atoms with Crippen molar-refractivity contribution in [3.8, 4) is 0 Å². The minimum absolute atomic E-state index is 0.0503. The molecule has 0 spiro atoms. The maximum atomic E-state index is 12.3. The van der Waals surface area contributed by atoms with Crippen molar-refractivity contribution in [3.05, 3.63) is 11.4 Å². The van der Waals surface area contributed by atoms with Crippen molar-refractivity contribution in [2.24, 2.45) is 5.92 Å². The molecule has 1 aliphatic carbocycles. The van der Waals surface area contributed by atoms with Crippen LogP contribution in [0, 0.1) is 19.8 Å².